The van der Waals surface area contributed by atoms with Crippen LogP contribution in [-0.4, -0.2) is 23.8 Å². The normalized spacial score (nSPS) is 13.5. The van der Waals surface area contributed by atoms with E-state index in [1.54, 1.807) is 0 Å². The summed E-state index contributed by atoms with van der Waals surface area (Å²) in [5.41, 5.74) is 4.21. The number of hydrogen-bond acceptors (Lipinski definition) is 3. The van der Waals surface area contributed by atoms with Crippen molar-refractivity contribution in [2.75, 3.05) is 0 Å². The first kappa shape index (κ1) is 14.4. The number of nitrogens with one attached hydrogen (secondary N) is 3. The van der Waals surface area contributed by atoms with Gasteiger partial charge in [0.1, 0.15) is 5.82 Å². The van der Waals surface area contributed by atoms with Gasteiger partial charge in [-0.15, -0.1) is 0 Å². The Labute approximate surface area is 122 Å². The molecule has 3 amide bonds. The van der Waals surface area contributed by atoms with Crippen molar-refractivity contribution in [3.8, 4) is 0 Å². The summed E-state index contributed by atoms with van der Waals surface area (Å²) in [5.74, 6) is -2.92. The van der Waals surface area contributed by atoms with Crippen molar-refractivity contribution < 1.29 is 18.8 Å². The van der Waals surface area contributed by atoms with Crippen LogP contribution < -0.4 is 16.2 Å². The van der Waals surface area contributed by atoms with E-state index in [1.807, 2.05) is 5.43 Å². The van der Waals surface area contributed by atoms with E-state index < -0.39 is 23.5 Å². The van der Waals surface area contributed by atoms with Crippen LogP contribution in [0.15, 0.2) is 22.7 Å². The Kier molecular flexibility index (Phi) is 4.33. The van der Waals surface area contributed by atoms with Gasteiger partial charge in [-0.05, 0) is 47.0 Å². The lowest BCUT2D eigenvalue weighted by Crippen LogP contribution is -2.49. The van der Waals surface area contributed by atoms with Crippen LogP contribution in [0, 0.1) is 5.82 Å². The summed E-state index contributed by atoms with van der Waals surface area (Å²) in [5, 5.41) is 2.47. The van der Waals surface area contributed by atoms with Gasteiger partial charge >= 0.3 is 11.8 Å². The highest BCUT2D eigenvalue weighted by molar-refractivity contribution is 9.10. The Balaban J connectivity index is 1.87. The average Bonchev–Trinajstić information content (AvgIpc) is 3.19. The quantitative estimate of drug-likeness (QED) is 0.543. The minimum absolute atomic E-state index is 0.0511. The van der Waals surface area contributed by atoms with Crippen LogP contribution >= 0.6 is 15.9 Å². The third-order valence-corrected chi connectivity index (χ3v) is 3.24. The van der Waals surface area contributed by atoms with Crippen LogP contribution in [0.25, 0.3) is 0 Å². The van der Waals surface area contributed by atoms with E-state index in [-0.39, 0.29) is 16.1 Å². The van der Waals surface area contributed by atoms with Gasteiger partial charge in [-0.3, -0.25) is 25.2 Å². The SMILES string of the molecule is O=C(NNC(=O)c1ccc(F)cc1Br)C(=O)NC1CC1. The molecule has 0 atom stereocenters. The molecule has 1 fully saturated rings. The molecule has 0 aromatic heterocycles. The zero-order valence-electron chi connectivity index (χ0n) is 10.2. The Hall–Kier alpha value is -1.96. The van der Waals surface area contributed by atoms with Crippen molar-refractivity contribution in [1.82, 2.24) is 16.2 Å². The lowest BCUT2D eigenvalue weighted by atomic mass is 10.2. The molecule has 0 heterocycles. The molecule has 0 unspecified atom stereocenters. The van der Waals surface area contributed by atoms with E-state index in [0.717, 1.165) is 25.0 Å². The van der Waals surface area contributed by atoms with E-state index in [9.17, 15) is 18.8 Å². The molecule has 8 heteroatoms. The van der Waals surface area contributed by atoms with Gasteiger partial charge in [0, 0.05) is 10.5 Å². The molecule has 0 saturated heterocycles. The minimum atomic E-state index is -0.955. The number of rotatable bonds is 2. The van der Waals surface area contributed by atoms with Crippen LogP contribution in [0.2, 0.25) is 0 Å². The first-order valence-electron chi connectivity index (χ1n) is 5.83. The smallest absolute Gasteiger partial charge is 0.327 e. The highest BCUT2D eigenvalue weighted by atomic mass is 79.9. The predicted octanol–water partition coefficient (Wildman–Crippen LogP) is 0.628. The molecule has 1 aliphatic rings. The second kappa shape index (κ2) is 6.00. The van der Waals surface area contributed by atoms with Crippen molar-refractivity contribution in [1.29, 1.82) is 0 Å². The third kappa shape index (κ3) is 3.77. The largest absolute Gasteiger partial charge is 0.345 e. The highest BCUT2D eigenvalue weighted by Gasteiger charge is 2.26. The van der Waals surface area contributed by atoms with Gasteiger partial charge in [0.05, 0.1) is 5.56 Å². The molecule has 6 nitrogen and oxygen atoms in total. The summed E-state index contributed by atoms with van der Waals surface area (Å²) in [4.78, 5) is 34.4. The van der Waals surface area contributed by atoms with E-state index in [2.05, 4.69) is 26.7 Å². The molecular weight excluding hydrogens is 333 g/mol. The van der Waals surface area contributed by atoms with Crippen LogP contribution in [0.4, 0.5) is 4.39 Å². The fourth-order valence-corrected chi connectivity index (χ4v) is 1.92. The zero-order chi connectivity index (χ0) is 14.7. The highest BCUT2D eigenvalue weighted by Crippen LogP contribution is 2.18. The first-order valence-corrected chi connectivity index (χ1v) is 6.63. The molecule has 1 aliphatic carbocycles. The lowest BCUT2D eigenvalue weighted by molar-refractivity contribution is -0.139. The summed E-state index contributed by atoms with van der Waals surface area (Å²) in [7, 11) is 0. The van der Waals surface area contributed by atoms with Crippen LogP contribution in [0.3, 0.4) is 0 Å². The molecule has 0 spiro atoms. The van der Waals surface area contributed by atoms with Gasteiger partial charge < -0.3 is 5.32 Å². The first-order chi connectivity index (χ1) is 9.47. The molecule has 0 radical (unpaired) electrons. The molecule has 0 aliphatic heterocycles. The monoisotopic (exact) mass is 343 g/mol. The van der Waals surface area contributed by atoms with Crippen LogP contribution in [0.1, 0.15) is 23.2 Å². The van der Waals surface area contributed by atoms with Crippen molar-refractivity contribution in [3.05, 3.63) is 34.1 Å². The molecule has 1 aromatic carbocycles. The van der Waals surface area contributed by atoms with Crippen molar-refractivity contribution in [2.45, 2.75) is 18.9 Å². The molecule has 2 rings (SSSR count). The summed E-state index contributed by atoms with van der Waals surface area (Å²) < 4.78 is 13.1. The van der Waals surface area contributed by atoms with E-state index in [1.165, 1.54) is 6.07 Å². The second-order valence-electron chi connectivity index (χ2n) is 4.28. The summed E-state index contributed by atoms with van der Waals surface area (Å²) in [6, 6.07) is 3.54. The van der Waals surface area contributed by atoms with Gasteiger partial charge in [-0.1, -0.05) is 0 Å². The maximum Gasteiger partial charge on any atom is 0.327 e. The fourth-order valence-electron chi connectivity index (χ4n) is 1.39. The van der Waals surface area contributed by atoms with E-state index in [0.29, 0.717) is 0 Å². The molecule has 0 bridgehead atoms. The molecule has 3 N–H and O–H groups in total. The molecule has 20 heavy (non-hydrogen) atoms. The van der Waals surface area contributed by atoms with Crippen molar-refractivity contribution in [3.63, 3.8) is 0 Å². The third-order valence-electron chi connectivity index (χ3n) is 2.58. The number of halogens is 2. The lowest BCUT2D eigenvalue weighted by Gasteiger charge is -2.08. The maximum absolute atomic E-state index is 12.9. The standard InChI is InChI=1S/C12H11BrFN3O3/c13-9-5-6(14)1-4-8(9)10(18)16-17-12(20)11(19)15-7-2-3-7/h1,4-5,7H,2-3H2,(H,15,19)(H,16,18)(H,17,20). The summed E-state index contributed by atoms with van der Waals surface area (Å²) in [6.45, 7) is 0. The predicted molar refractivity (Wildman–Crippen MR) is 70.9 cm³/mol. The zero-order valence-corrected chi connectivity index (χ0v) is 11.8. The molecule has 106 valence electrons. The van der Waals surface area contributed by atoms with E-state index in [4.69, 9.17) is 0 Å². The number of benzene rings is 1. The van der Waals surface area contributed by atoms with Crippen molar-refractivity contribution >= 4 is 33.7 Å². The Bertz CT molecular complexity index is 575. The summed E-state index contributed by atoms with van der Waals surface area (Å²) >= 11 is 3.03. The minimum Gasteiger partial charge on any atom is -0.345 e. The summed E-state index contributed by atoms with van der Waals surface area (Å²) in [6.07, 6.45) is 1.71. The fraction of sp³-hybridized carbons (Fsp3) is 0.250. The van der Waals surface area contributed by atoms with Gasteiger partial charge in [0.25, 0.3) is 5.91 Å². The number of hydrazine groups is 1. The van der Waals surface area contributed by atoms with Gasteiger partial charge in [0.15, 0.2) is 0 Å². The Morgan fingerprint density at radius 3 is 2.45 bits per heavy atom. The number of carbonyl (C=O) groups is 3. The maximum atomic E-state index is 12.9. The molecule has 1 saturated carbocycles. The Morgan fingerprint density at radius 1 is 1.15 bits per heavy atom. The average molecular weight is 344 g/mol. The van der Waals surface area contributed by atoms with E-state index >= 15 is 0 Å². The van der Waals surface area contributed by atoms with Gasteiger partial charge in [-0.2, -0.15) is 0 Å². The number of carbonyl (C=O) groups excluding carboxylic acids is 3. The topological polar surface area (TPSA) is 87.3 Å². The van der Waals surface area contributed by atoms with Gasteiger partial charge in [-0.25, -0.2) is 4.39 Å². The molecule has 1 aromatic rings. The Morgan fingerprint density at radius 2 is 1.85 bits per heavy atom. The van der Waals surface area contributed by atoms with Crippen molar-refractivity contribution in [2.24, 2.45) is 0 Å². The van der Waals surface area contributed by atoms with Crippen LogP contribution in [-0.2, 0) is 9.59 Å². The second-order valence-corrected chi connectivity index (χ2v) is 5.13. The number of amides is 3. The van der Waals surface area contributed by atoms with Gasteiger partial charge in [0.2, 0.25) is 0 Å². The number of hydrogen-bond donors (Lipinski definition) is 3. The molecular formula is C12H11BrFN3O3. The van der Waals surface area contributed by atoms with Crippen LogP contribution in [0.5, 0.6) is 0 Å².